The highest BCUT2D eigenvalue weighted by Gasteiger charge is 2.39. The summed E-state index contributed by atoms with van der Waals surface area (Å²) in [5.41, 5.74) is -1.08. The fourth-order valence-electron chi connectivity index (χ4n) is 5.45. The van der Waals surface area contributed by atoms with Gasteiger partial charge in [0.2, 0.25) is 0 Å². The second-order valence-electron chi connectivity index (χ2n) is 11.1. The number of hydrogen-bond donors (Lipinski definition) is 1. The quantitative estimate of drug-likeness (QED) is 0.334. The predicted octanol–water partition coefficient (Wildman–Crippen LogP) is 5.41. The number of alkyl halides is 6. The van der Waals surface area contributed by atoms with Crippen LogP contribution < -0.4 is 0 Å². The van der Waals surface area contributed by atoms with Crippen molar-refractivity contribution in [2.75, 3.05) is 46.4 Å². The molecule has 0 aliphatic carbocycles. The molecule has 0 radical (unpaired) electrons. The molecule has 1 aromatic heterocycles. The number of nitrogens with one attached hydrogen (secondary N) is 1. The minimum atomic E-state index is -5.00. The molecule has 3 heterocycles. The highest BCUT2D eigenvalue weighted by Crippen LogP contribution is 2.40. The van der Waals surface area contributed by atoms with E-state index < -0.39 is 47.7 Å². The molecule has 1 N–H and O–H groups in total. The number of halogens is 7. The van der Waals surface area contributed by atoms with Crippen LogP contribution in [-0.2, 0) is 34.9 Å². The molecule has 5 rings (SSSR count). The van der Waals surface area contributed by atoms with Crippen LogP contribution in [0.5, 0.6) is 0 Å². The van der Waals surface area contributed by atoms with Gasteiger partial charge in [-0.3, -0.25) is 14.9 Å². The highest BCUT2D eigenvalue weighted by molar-refractivity contribution is 5.35. The fourth-order valence-corrected chi connectivity index (χ4v) is 5.45. The maximum atomic E-state index is 13.9. The van der Waals surface area contributed by atoms with Gasteiger partial charge >= 0.3 is 12.4 Å². The molecule has 2 aromatic carbocycles. The lowest BCUT2D eigenvalue weighted by atomic mass is 10.0. The zero-order valence-electron chi connectivity index (χ0n) is 24.1. The van der Waals surface area contributed by atoms with Gasteiger partial charge < -0.3 is 14.4 Å². The third-order valence-corrected chi connectivity index (χ3v) is 7.98. The van der Waals surface area contributed by atoms with Gasteiger partial charge in [0, 0.05) is 45.8 Å². The number of aromatic nitrogens is 3. The van der Waals surface area contributed by atoms with Crippen LogP contribution in [0.2, 0.25) is 0 Å². The fraction of sp³-hybridized carbons (Fsp3) is 0.517. The van der Waals surface area contributed by atoms with E-state index in [9.17, 15) is 30.7 Å². The van der Waals surface area contributed by atoms with E-state index in [0.717, 1.165) is 31.9 Å². The Morgan fingerprint density at radius 1 is 0.932 bits per heavy atom. The zero-order chi connectivity index (χ0) is 31.6. The molecule has 0 saturated carbocycles. The largest absolute Gasteiger partial charge is 0.416 e. The molecular formula is C29H33F7N6O2. The van der Waals surface area contributed by atoms with Crippen molar-refractivity contribution in [2.24, 2.45) is 0 Å². The smallest absolute Gasteiger partial charge is 0.349 e. The van der Waals surface area contributed by atoms with E-state index in [1.165, 1.54) is 19.1 Å². The van der Waals surface area contributed by atoms with Crippen LogP contribution in [-0.4, -0.2) is 82.8 Å². The van der Waals surface area contributed by atoms with E-state index in [4.69, 9.17) is 9.47 Å². The van der Waals surface area contributed by atoms with Gasteiger partial charge in [-0.1, -0.05) is 17.3 Å². The number of hydrogen-bond acceptors (Lipinski definition) is 7. The van der Waals surface area contributed by atoms with Crippen LogP contribution in [0.3, 0.4) is 0 Å². The lowest BCUT2D eigenvalue weighted by Gasteiger charge is -2.42. The van der Waals surface area contributed by atoms with Crippen molar-refractivity contribution in [3.63, 3.8) is 0 Å². The first-order valence-corrected chi connectivity index (χ1v) is 14.1. The average Bonchev–Trinajstić information content (AvgIpc) is 3.40. The lowest BCUT2D eigenvalue weighted by molar-refractivity contribution is -0.231. The molecule has 240 valence electrons. The molecule has 2 aliphatic heterocycles. The number of morpholine rings is 1. The average molecular weight is 631 g/mol. The maximum Gasteiger partial charge on any atom is 0.416 e. The van der Waals surface area contributed by atoms with Crippen molar-refractivity contribution in [2.45, 2.75) is 50.8 Å². The second-order valence-corrected chi connectivity index (χ2v) is 11.1. The number of likely N-dealkylation sites (N-methyl/N-ethyl adjacent to an activating group) is 1. The van der Waals surface area contributed by atoms with Crippen LogP contribution in [0.25, 0.3) is 0 Å². The van der Waals surface area contributed by atoms with Crippen molar-refractivity contribution in [1.82, 2.24) is 30.1 Å². The van der Waals surface area contributed by atoms with E-state index in [1.807, 2.05) is 4.90 Å². The molecule has 0 spiro atoms. The van der Waals surface area contributed by atoms with Crippen LogP contribution in [0.1, 0.15) is 52.7 Å². The second kappa shape index (κ2) is 13.1. The Labute approximate surface area is 249 Å². The molecule has 3 aromatic rings. The monoisotopic (exact) mass is 630 g/mol. The van der Waals surface area contributed by atoms with Gasteiger partial charge in [0.15, 0.2) is 6.29 Å². The lowest BCUT2D eigenvalue weighted by Crippen LogP contribution is -2.46. The number of nitrogens with zero attached hydrogens (tertiary/aromatic N) is 5. The minimum absolute atomic E-state index is 0.0774. The first-order chi connectivity index (χ1) is 20.8. The summed E-state index contributed by atoms with van der Waals surface area (Å²) in [4.78, 5) is 6.51. The van der Waals surface area contributed by atoms with Crippen LogP contribution >= 0.6 is 0 Å². The van der Waals surface area contributed by atoms with Crippen LogP contribution in [0.15, 0.2) is 42.5 Å². The Morgan fingerprint density at radius 2 is 1.57 bits per heavy atom. The normalized spacial score (nSPS) is 21.9. The molecule has 2 fully saturated rings. The SMILES string of the molecule is C[C@@H](OC1OCCN(Cc2nn[nH]c2CN2CCN(C)CC2)C1c1ccc(F)cc1)c1cc(C(F)(F)F)cc(C(F)(F)F)c1. The summed E-state index contributed by atoms with van der Waals surface area (Å²) in [5, 5.41) is 11.3. The predicted molar refractivity (Wildman–Crippen MR) is 144 cm³/mol. The van der Waals surface area contributed by atoms with E-state index in [1.54, 1.807) is 12.1 Å². The summed E-state index contributed by atoms with van der Waals surface area (Å²) in [6, 6.07) is 6.30. The molecule has 2 unspecified atom stereocenters. The minimum Gasteiger partial charge on any atom is -0.349 e. The molecule has 8 nitrogen and oxygen atoms in total. The summed E-state index contributed by atoms with van der Waals surface area (Å²) in [5.74, 6) is -0.475. The van der Waals surface area contributed by atoms with Crippen molar-refractivity contribution < 1.29 is 40.2 Å². The van der Waals surface area contributed by atoms with Gasteiger partial charge in [0.1, 0.15) is 11.5 Å². The maximum absolute atomic E-state index is 13.9. The summed E-state index contributed by atoms with van der Waals surface area (Å²) in [6.45, 7) is 6.45. The standard InChI is InChI=1S/C29H33F7N6O2/c1-18(20-13-21(28(31,32)33)15-22(14-20)29(34,35)36)44-27-26(19-3-5-23(30)6-4-19)42(11-12-43-27)17-25-24(37-39-38-25)16-41-9-7-40(2)8-10-41/h3-6,13-15,18,26-27H,7-12,16-17H2,1-2H3,(H,37,38,39)/t18-,26?,27?/m1/s1. The van der Waals surface area contributed by atoms with Gasteiger partial charge in [0.25, 0.3) is 0 Å². The van der Waals surface area contributed by atoms with Gasteiger partial charge in [0.05, 0.1) is 35.6 Å². The Kier molecular flexibility index (Phi) is 9.61. The molecule has 0 bridgehead atoms. The van der Waals surface area contributed by atoms with Crippen LogP contribution in [0, 0.1) is 5.82 Å². The van der Waals surface area contributed by atoms with E-state index in [0.29, 0.717) is 43.0 Å². The van der Waals surface area contributed by atoms with Crippen molar-refractivity contribution >= 4 is 0 Å². The number of aromatic amines is 1. The summed E-state index contributed by atoms with van der Waals surface area (Å²) >= 11 is 0. The molecule has 15 heteroatoms. The Bertz CT molecular complexity index is 1360. The van der Waals surface area contributed by atoms with E-state index in [2.05, 4.69) is 32.3 Å². The Balaban J connectivity index is 1.41. The van der Waals surface area contributed by atoms with E-state index >= 15 is 0 Å². The molecule has 0 amide bonds. The third-order valence-electron chi connectivity index (χ3n) is 7.98. The molecule has 44 heavy (non-hydrogen) atoms. The first-order valence-electron chi connectivity index (χ1n) is 14.1. The molecule has 2 aliphatic rings. The van der Waals surface area contributed by atoms with Crippen LogP contribution in [0.4, 0.5) is 30.7 Å². The van der Waals surface area contributed by atoms with E-state index in [-0.39, 0.29) is 18.2 Å². The van der Waals surface area contributed by atoms with Gasteiger partial charge in [-0.2, -0.15) is 26.3 Å². The molecular weight excluding hydrogens is 597 g/mol. The number of ether oxygens (including phenoxy) is 2. The number of benzene rings is 2. The number of rotatable bonds is 8. The number of H-pyrrole nitrogens is 1. The van der Waals surface area contributed by atoms with Crippen molar-refractivity contribution in [3.8, 4) is 0 Å². The summed E-state index contributed by atoms with van der Waals surface area (Å²) in [6.07, 6.45) is -12.3. The molecule has 2 saturated heterocycles. The highest BCUT2D eigenvalue weighted by atomic mass is 19.4. The van der Waals surface area contributed by atoms with Gasteiger partial charge in [-0.15, -0.1) is 5.10 Å². The van der Waals surface area contributed by atoms with Crippen molar-refractivity contribution in [1.29, 1.82) is 0 Å². The topological polar surface area (TPSA) is 69.8 Å². The Hall–Kier alpha value is -3.11. The van der Waals surface area contributed by atoms with Crippen molar-refractivity contribution in [3.05, 3.63) is 81.9 Å². The molecule has 3 atom stereocenters. The van der Waals surface area contributed by atoms with Gasteiger partial charge in [-0.05, 0) is 55.4 Å². The first kappa shape index (κ1) is 32.3. The third kappa shape index (κ3) is 7.75. The summed E-state index contributed by atoms with van der Waals surface area (Å²) < 4.78 is 107. The van der Waals surface area contributed by atoms with Gasteiger partial charge in [-0.25, -0.2) is 4.39 Å². The Morgan fingerprint density at radius 3 is 2.18 bits per heavy atom. The zero-order valence-corrected chi connectivity index (χ0v) is 24.1. The number of piperazine rings is 1. The summed E-state index contributed by atoms with van der Waals surface area (Å²) in [7, 11) is 2.07.